The third-order valence-corrected chi connectivity index (χ3v) is 6.41. The highest BCUT2D eigenvalue weighted by molar-refractivity contribution is 7.89. The van der Waals surface area contributed by atoms with E-state index in [0.29, 0.717) is 17.9 Å². The Morgan fingerprint density at radius 3 is 2.33 bits per heavy atom. The number of aromatic nitrogens is 1. The van der Waals surface area contributed by atoms with Gasteiger partial charge in [0, 0.05) is 47.5 Å². The molecule has 0 spiro atoms. The quantitative estimate of drug-likeness (QED) is 0.349. The van der Waals surface area contributed by atoms with E-state index in [2.05, 4.69) is 4.98 Å². The highest BCUT2D eigenvalue weighted by Gasteiger charge is 2.22. The van der Waals surface area contributed by atoms with Crippen molar-refractivity contribution in [2.75, 3.05) is 12.0 Å². The highest BCUT2D eigenvalue weighted by atomic mass is 32.2. The second-order valence-electron chi connectivity index (χ2n) is 7.83. The van der Waals surface area contributed by atoms with Gasteiger partial charge in [0.2, 0.25) is 10.0 Å². The minimum Gasteiger partial charge on any atom is -0.494 e. The summed E-state index contributed by atoms with van der Waals surface area (Å²) in [4.78, 5) is 18.5. The smallest absolute Gasteiger partial charge is 0.238 e. The number of carbonyl (C=O) groups is 1. The zero-order valence-corrected chi connectivity index (χ0v) is 19.9. The van der Waals surface area contributed by atoms with Crippen molar-refractivity contribution in [1.29, 1.82) is 0 Å². The summed E-state index contributed by atoms with van der Waals surface area (Å²) >= 11 is 0. The summed E-state index contributed by atoms with van der Waals surface area (Å²) in [5.74, 6) is -1.92. The first kappa shape index (κ1) is 25.0. The Hall–Kier alpha value is -4.15. The van der Waals surface area contributed by atoms with E-state index in [4.69, 9.17) is 9.88 Å². The number of sulfonamides is 1. The number of primary sulfonamides is 1. The van der Waals surface area contributed by atoms with Gasteiger partial charge in [0.25, 0.3) is 0 Å². The normalized spacial score (nSPS) is 11.2. The number of ketones is 1. The molecule has 0 aliphatic rings. The summed E-state index contributed by atoms with van der Waals surface area (Å²) in [6.07, 6.45) is 3.33. The maximum atomic E-state index is 14.5. The van der Waals surface area contributed by atoms with Crippen LogP contribution in [0.3, 0.4) is 0 Å². The minimum atomic E-state index is -4.25. The molecule has 0 aliphatic carbocycles. The number of anilines is 2. The van der Waals surface area contributed by atoms with Gasteiger partial charge < -0.3 is 9.64 Å². The Balaban J connectivity index is 1.72. The molecule has 0 fully saturated rings. The summed E-state index contributed by atoms with van der Waals surface area (Å²) < 4.78 is 57.1. The zero-order valence-electron chi connectivity index (χ0n) is 19.1. The van der Waals surface area contributed by atoms with Crippen molar-refractivity contribution < 1.29 is 26.7 Å². The zero-order chi connectivity index (χ0) is 25.9. The standard InChI is InChI=1S/C26H21F2N3O4S/c1-35-24-10-9-21(14-23(24)28)31(16-17-3-2-12-30-15-17)20-7-4-18(5-8-20)26(32)22-13-19(27)6-11-25(22)36(29,33)34/h2-15H,16H2,1H3,(H2,29,33,34). The van der Waals surface area contributed by atoms with Crippen LogP contribution in [0.5, 0.6) is 5.75 Å². The molecule has 3 aromatic carbocycles. The topological polar surface area (TPSA) is 103 Å². The summed E-state index contributed by atoms with van der Waals surface area (Å²) in [6, 6.07) is 17.1. The van der Waals surface area contributed by atoms with Crippen molar-refractivity contribution in [2.45, 2.75) is 11.4 Å². The number of methoxy groups -OCH3 is 1. The molecule has 1 aromatic heterocycles. The fourth-order valence-electron chi connectivity index (χ4n) is 3.71. The Kier molecular flexibility index (Phi) is 7.09. The maximum Gasteiger partial charge on any atom is 0.238 e. The van der Waals surface area contributed by atoms with Crippen LogP contribution in [0.15, 0.2) is 90.1 Å². The van der Waals surface area contributed by atoms with Crippen LogP contribution in [0.4, 0.5) is 20.2 Å². The van der Waals surface area contributed by atoms with Crippen molar-refractivity contribution in [3.63, 3.8) is 0 Å². The van der Waals surface area contributed by atoms with E-state index in [1.54, 1.807) is 36.7 Å². The van der Waals surface area contributed by atoms with Crippen molar-refractivity contribution in [3.8, 4) is 5.75 Å². The van der Waals surface area contributed by atoms with E-state index in [-0.39, 0.29) is 16.9 Å². The molecule has 0 saturated carbocycles. The molecule has 0 unspecified atom stereocenters. The van der Waals surface area contributed by atoms with Crippen LogP contribution in [0.1, 0.15) is 21.5 Å². The lowest BCUT2D eigenvalue weighted by Gasteiger charge is -2.25. The fraction of sp³-hybridized carbons (Fsp3) is 0.0769. The van der Waals surface area contributed by atoms with Crippen LogP contribution in [0.25, 0.3) is 0 Å². The van der Waals surface area contributed by atoms with Gasteiger partial charge in [-0.1, -0.05) is 6.07 Å². The van der Waals surface area contributed by atoms with Crippen molar-refractivity contribution in [2.24, 2.45) is 5.14 Å². The van der Waals surface area contributed by atoms with Gasteiger partial charge in [-0.2, -0.15) is 0 Å². The van der Waals surface area contributed by atoms with E-state index in [0.717, 1.165) is 23.8 Å². The lowest BCUT2D eigenvalue weighted by Crippen LogP contribution is -2.18. The molecule has 0 bridgehead atoms. The third kappa shape index (κ3) is 5.40. The van der Waals surface area contributed by atoms with Crippen LogP contribution in [0.2, 0.25) is 0 Å². The first-order valence-electron chi connectivity index (χ1n) is 10.6. The Labute approximate surface area is 206 Å². The molecular formula is C26H21F2N3O4S. The summed E-state index contributed by atoms with van der Waals surface area (Å²) in [7, 11) is -2.88. The Morgan fingerprint density at radius 2 is 1.72 bits per heavy atom. The number of halogens is 2. The molecule has 184 valence electrons. The SMILES string of the molecule is COc1ccc(N(Cc2cccnc2)c2ccc(C(=O)c3cc(F)ccc3S(N)(=O)=O)cc2)cc1F. The number of hydrogen-bond donors (Lipinski definition) is 1. The minimum absolute atomic E-state index is 0.0989. The number of nitrogens with two attached hydrogens (primary N) is 1. The lowest BCUT2D eigenvalue weighted by molar-refractivity contribution is 0.103. The number of pyridine rings is 1. The van der Waals surface area contributed by atoms with E-state index in [9.17, 15) is 22.0 Å². The van der Waals surface area contributed by atoms with Gasteiger partial charge in [-0.15, -0.1) is 0 Å². The molecule has 10 heteroatoms. The predicted octanol–water partition coefficient (Wildman–Crippen LogP) is 4.59. The first-order chi connectivity index (χ1) is 17.2. The van der Waals surface area contributed by atoms with Crippen molar-refractivity contribution in [1.82, 2.24) is 4.98 Å². The lowest BCUT2D eigenvalue weighted by atomic mass is 10.0. The van der Waals surface area contributed by atoms with Crippen LogP contribution >= 0.6 is 0 Å². The van der Waals surface area contributed by atoms with Crippen LogP contribution in [0, 0.1) is 11.6 Å². The van der Waals surface area contributed by atoms with Gasteiger partial charge >= 0.3 is 0 Å². The largest absolute Gasteiger partial charge is 0.494 e. The van der Waals surface area contributed by atoms with E-state index < -0.39 is 32.3 Å². The molecule has 7 nitrogen and oxygen atoms in total. The molecule has 0 amide bonds. The molecule has 0 saturated heterocycles. The molecule has 36 heavy (non-hydrogen) atoms. The average molecular weight is 510 g/mol. The Morgan fingerprint density at radius 1 is 1.00 bits per heavy atom. The van der Waals surface area contributed by atoms with E-state index in [1.807, 2.05) is 11.0 Å². The first-order valence-corrected chi connectivity index (χ1v) is 12.2. The van der Waals surface area contributed by atoms with E-state index >= 15 is 0 Å². The number of rotatable bonds is 8. The second kappa shape index (κ2) is 10.2. The number of hydrogen-bond acceptors (Lipinski definition) is 6. The molecule has 0 atom stereocenters. The second-order valence-corrected chi connectivity index (χ2v) is 9.36. The predicted molar refractivity (Wildman–Crippen MR) is 131 cm³/mol. The molecule has 0 radical (unpaired) electrons. The van der Waals surface area contributed by atoms with E-state index in [1.165, 1.54) is 31.4 Å². The Bertz CT molecular complexity index is 1510. The average Bonchev–Trinajstić information content (AvgIpc) is 2.87. The number of ether oxygens (including phenoxy) is 1. The number of nitrogens with zero attached hydrogens (tertiary/aromatic N) is 2. The molecule has 0 aliphatic heterocycles. The fourth-order valence-corrected chi connectivity index (χ4v) is 4.42. The maximum absolute atomic E-state index is 14.5. The van der Waals surface area contributed by atoms with Gasteiger partial charge in [-0.25, -0.2) is 22.3 Å². The monoisotopic (exact) mass is 509 g/mol. The van der Waals surface area contributed by atoms with Gasteiger partial charge in [-0.05, 0) is 66.2 Å². The molecular weight excluding hydrogens is 488 g/mol. The van der Waals surface area contributed by atoms with Crippen molar-refractivity contribution in [3.05, 3.63) is 114 Å². The third-order valence-electron chi connectivity index (χ3n) is 5.44. The molecule has 1 heterocycles. The van der Waals surface area contributed by atoms with Gasteiger partial charge in [0.05, 0.1) is 12.0 Å². The number of carbonyl (C=O) groups excluding carboxylic acids is 1. The molecule has 2 N–H and O–H groups in total. The van der Waals surface area contributed by atoms with Crippen LogP contribution < -0.4 is 14.8 Å². The van der Waals surface area contributed by atoms with Gasteiger partial charge in [0.1, 0.15) is 5.82 Å². The van der Waals surface area contributed by atoms with Crippen LogP contribution in [-0.2, 0) is 16.6 Å². The molecule has 4 rings (SSSR count). The summed E-state index contributed by atoms with van der Waals surface area (Å²) in [6.45, 7) is 0.340. The van der Waals surface area contributed by atoms with Gasteiger partial charge in [-0.3, -0.25) is 9.78 Å². The number of benzene rings is 3. The van der Waals surface area contributed by atoms with Crippen molar-refractivity contribution >= 4 is 27.2 Å². The molecule has 4 aromatic rings. The van der Waals surface area contributed by atoms with Crippen LogP contribution in [-0.4, -0.2) is 26.3 Å². The van der Waals surface area contributed by atoms with Gasteiger partial charge in [0.15, 0.2) is 17.3 Å². The summed E-state index contributed by atoms with van der Waals surface area (Å²) in [5.41, 5.74) is 1.75. The summed E-state index contributed by atoms with van der Waals surface area (Å²) in [5, 5.41) is 5.20. The highest BCUT2D eigenvalue weighted by Crippen LogP contribution is 2.31.